The summed E-state index contributed by atoms with van der Waals surface area (Å²) in [6.45, 7) is 0. The summed E-state index contributed by atoms with van der Waals surface area (Å²) in [5.74, 6) is -2.97. The van der Waals surface area contributed by atoms with Crippen LogP contribution in [0.5, 0.6) is 0 Å². The zero-order valence-electron chi connectivity index (χ0n) is 15.8. The van der Waals surface area contributed by atoms with Gasteiger partial charge in [-0.05, 0) is 46.5 Å². The Balaban J connectivity index is 1.64. The standard InChI is InChI=1S/C25H16FNO3/c26-14-9-11-15(12-10-14)27-23(29)21-20-16-5-1-3-7-18(16)25(13-28,22(21)24(27)30)19-8-4-2-6-17(19)20/h1-13,20-22H/t20?,21-,22+,25?/m1/s1. The van der Waals surface area contributed by atoms with Crippen LogP contribution < -0.4 is 4.90 Å². The number of aldehydes is 1. The van der Waals surface area contributed by atoms with Crippen LogP contribution in [0.15, 0.2) is 72.8 Å². The Labute approximate surface area is 171 Å². The van der Waals surface area contributed by atoms with Gasteiger partial charge in [0.15, 0.2) is 0 Å². The smallest absolute Gasteiger partial charge is 0.239 e. The van der Waals surface area contributed by atoms with Crippen molar-refractivity contribution in [1.82, 2.24) is 0 Å². The molecule has 2 amide bonds. The zero-order valence-corrected chi connectivity index (χ0v) is 15.8. The molecule has 3 aliphatic carbocycles. The van der Waals surface area contributed by atoms with Crippen LogP contribution in [0.3, 0.4) is 0 Å². The summed E-state index contributed by atoms with van der Waals surface area (Å²) in [4.78, 5) is 41.2. The molecule has 3 aromatic carbocycles. The Kier molecular flexibility index (Phi) is 3.30. The Morgan fingerprint density at radius 3 is 1.93 bits per heavy atom. The largest absolute Gasteiger partial charge is 0.302 e. The van der Waals surface area contributed by atoms with E-state index in [1.807, 2.05) is 48.5 Å². The first-order valence-corrected chi connectivity index (χ1v) is 9.88. The molecule has 4 aliphatic rings. The van der Waals surface area contributed by atoms with E-state index in [9.17, 15) is 18.8 Å². The van der Waals surface area contributed by atoms with E-state index in [-0.39, 0.29) is 11.8 Å². The van der Waals surface area contributed by atoms with Gasteiger partial charge in [0.1, 0.15) is 12.1 Å². The van der Waals surface area contributed by atoms with Crippen LogP contribution in [0.1, 0.15) is 28.2 Å². The van der Waals surface area contributed by atoms with Gasteiger partial charge in [0.25, 0.3) is 0 Å². The van der Waals surface area contributed by atoms with Gasteiger partial charge in [-0.25, -0.2) is 9.29 Å². The molecule has 0 saturated carbocycles. The van der Waals surface area contributed by atoms with Gasteiger partial charge in [0.05, 0.1) is 22.9 Å². The maximum absolute atomic E-state index is 13.7. The third-order valence-electron chi connectivity index (χ3n) is 6.95. The van der Waals surface area contributed by atoms with E-state index in [2.05, 4.69) is 0 Å². The SMILES string of the molecule is O=CC12c3ccccc3C(c3ccccc31)[C@H]1C(=O)N(c3ccc(F)cc3)C(=O)[C@H]12. The Bertz CT molecular complexity index is 1200. The number of hydrogen-bond acceptors (Lipinski definition) is 3. The summed E-state index contributed by atoms with van der Waals surface area (Å²) in [7, 11) is 0. The van der Waals surface area contributed by atoms with Crippen LogP contribution >= 0.6 is 0 Å². The van der Waals surface area contributed by atoms with Crippen molar-refractivity contribution in [2.45, 2.75) is 11.3 Å². The molecule has 0 aromatic heterocycles. The quantitative estimate of drug-likeness (QED) is 0.491. The van der Waals surface area contributed by atoms with E-state index in [1.165, 1.54) is 24.3 Å². The van der Waals surface area contributed by atoms with Crippen LogP contribution in [-0.4, -0.2) is 18.1 Å². The van der Waals surface area contributed by atoms with Crippen molar-refractivity contribution in [2.75, 3.05) is 4.90 Å². The summed E-state index contributed by atoms with van der Waals surface area (Å²) in [5, 5.41) is 0. The summed E-state index contributed by atoms with van der Waals surface area (Å²) in [6.07, 6.45) is 0.844. The fraction of sp³-hybridized carbons (Fsp3) is 0.160. The number of carbonyl (C=O) groups is 3. The maximum Gasteiger partial charge on any atom is 0.239 e. The monoisotopic (exact) mass is 397 g/mol. The highest BCUT2D eigenvalue weighted by molar-refractivity contribution is 6.24. The summed E-state index contributed by atoms with van der Waals surface area (Å²) >= 11 is 0. The summed E-state index contributed by atoms with van der Waals surface area (Å²) in [5.41, 5.74) is 2.56. The van der Waals surface area contributed by atoms with Crippen molar-refractivity contribution in [3.8, 4) is 0 Å². The number of rotatable bonds is 2. The van der Waals surface area contributed by atoms with Gasteiger partial charge < -0.3 is 4.79 Å². The number of hydrogen-bond donors (Lipinski definition) is 0. The first-order valence-electron chi connectivity index (χ1n) is 9.88. The highest BCUT2D eigenvalue weighted by Gasteiger charge is 2.68. The van der Waals surface area contributed by atoms with Gasteiger partial charge in [-0.3, -0.25) is 9.59 Å². The highest BCUT2D eigenvalue weighted by Crippen LogP contribution is 2.63. The molecule has 1 saturated heterocycles. The third kappa shape index (κ3) is 1.83. The predicted molar refractivity (Wildman–Crippen MR) is 107 cm³/mol. The molecule has 0 radical (unpaired) electrons. The lowest BCUT2D eigenvalue weighted by molar-refractivity contribution is -0.128. The average Bonchev–Trinajstić information content (AvgIpc) is 3.05. The molecule has 1 heterocycles. The predicted octanol–water partition coefficient (Wildman–Crippen LogP) is 3.58. The van der Waals surface area contributed by atoms with Gasteiger partial charge in [-0.2, -0.15) is 0 Å². The van der Waals surface area contributed by atoms with E-state index in [4.69, 9.17) is 0 Å². The number of carbonyl (C=O) groups excluding carboxylic acids is 3. The molecule has 5 heteroatoms. The van der Waals surface area contributed by atoms with Crippen molar-refractivity contribution in [2.24, 2.45) is 11.8 Å². The van der Waals surface area contributed by atoms with Gasteiger partial charge in [0, 0.05) is 5.92 Å². The number of halogens is 1. The molecular formula is C25H16FNO3. The molecule has 0 N–H and O–H groups in total. The van der Waals surface area contributed by atoms with Crippen LogP contribution in [0.25, 0.3) is 0 Å². The van der Waals surface area contributed by atoms with Crippen LogP contribution in [0.4, 0.5) is 10.1 Å². The average molecular weight is 397 g/mol. The maximum atomic E-state index is 13.7. The molecule has 1 fully saturated rings. The molecular weight excluding hydrogens is 381 g/mol. The van der Waals surface area contributed by atoms with E-state index in [1.54, 1.807) is 0 Å². The number of anilines is 1. The topological polar surface area (TPSA) is 54.5 Å². The molecule has 1 aliphatic heterocycles. The molecule has 3 aromatic rings. The fourth-order valence-corrected chi connectivity index (χ4v) is 5.88. The lowest BCUT2D eigenvalue weighted by Crippen LogP contribution is -2.54. The molecule has 30 heavy (non-hydrogen) atoms. The number of imide groups is 1. The minimum Gasteiger partial charge on any atom is -0.302 e. The van der Waals surface area contributed by atoms with Crippen molar-refractivity contribution >= 4 is 23.8 Å². The minimum atomic E-state index is -1.21. The number of benzene rings is 3. The molecule has 2 bridgehead atoms. The third-order valence-corrected chi connectivity index (χ3v) is 6.95. The second kappa shape index (κ2) is 5.72. The molecule has 0 spiro atoms. The summed E-state index contributed by atoms with van der Waals surface area (Å²) in [6, 6.07) is 20.5. The Morgan fingerprint density at radius 2 is 1.37 bits per heavy atom. The van der Waals surface area contributed by atoms with Crippen molar-refractivity contribution < 1.29 is 18.8 Å². The van der Waals surface area contributed by atoms with E-state index in [0.29, 0.717) is 5.69 Å². The highest BCUT2D eigenvalue weighted by atomic mass is 19.1. The van der Waals surface area contributed by atoms with Crippen LogP contribution in [0, 0.1) is 17.7 Å². The van der Waals surface area contributed by atoms with Crippen molar-refractivity contribution in [3.63, 3.8) is 0 Å². The first-order chi connectivity index (χ1) is 14.6. The van der Waals surface area contributed by atoms with Crippen LogP contribution in [-0.2, 0) is 19.8 Å². The number of nitrogens with zero attached hydrogens (tertiary/aromatic N) is 1. The molecule has 7 rings (SSSR count). The molecule has 2 atom stereocenters. The Morgan fingerprint density at radius 1 is 0.800 bits per heavy atom. The van der Waals surface area contributed by atoms with Gasteiger partial charge in [0.2, 0.25) is 11.8 Å². The lowest BCUT2D eigenvalue weighted by Gasteiger charge is -2.51. The fourth-order valence-electron chi connectivity index (χ4n) is 5.88. The molecule has 0 unspecified atom stereocenters. The van der Waals surface area contributed by atoms with Gasteiger partial charge in [-0.1, -0.05) is 48.5 Å². The second-order valence-electron chi connectivity index (χ2n) is 8.13. The van der Waals surface area contributed by atoms with Crippen LogP contribution in [0.2, 0.25) is 0 Å². The first kappa shape index (κ1) is 17.3. The molecule has 146 valence electrons. The van der Waals surface area contributed by atoms with E-state index in [0.717, 1.165) is 33.4 Å². The molecule has 4 nitrogen and oxygen atoms in total. The second-order valence-corrected chi connectivity index (χ2v) is 8.13. The Hall–Kier alpha value is -3.60. The minimum absolute atomic E-state index is 0.300. The normalized spacial score (nSPS) is 28.2. The zero-order chi connectivity index (χ0) is 20.6. The van der Waals surface area contributed by atoms with Gasteiger partial charge >= 0.3 is 0 Å². The van der Waals surface area contributed by atoms with Gasteiger partial charge in [-0.15, -0.1) is 0 Å². The van der Waals surface area contributed by atoms with E-state index < -0.39 is 29.0 Å². The van der Waals surface area contributed by atoms with Crippen molar-refractivity contribution in [1.29, 1.82) is 0 Å². The van der Waals surface area contributed by atoms with E-state index >= 15 is 0 Å². The number of amides is 2. The summed E-state index contributed by atoms with van der Waals surface area (Å²) < 4.78 is 13.4. The van der Waals surface area contributed by atoms with Crippen molar-refractivity contribution in [3.05, 3.63) is 101 Å². The lowest BCUT2D eigenvalue weighted by atomic mass is 9.48.